The Balaban J connectivity index is 2.19. The molecule has 21 heavy (non-hydrogen) atoms. The summed E-state index contributed by atoms with van der Waals surface area (Å²) < 4.78 is 13.7. The summed E-state index contributed by atoms with van der Waals surface area (Å²) in [6, 6.07) is 3.39. The first-order valence-corrected chi connectivity index (χ1v) is 6.54. The Kier molecular flexibility index (Phi) is 4.21. The first-order valence-electron chi connectivity index (χ1n) is 6.54. The van der Waals surface area contributed by atoms with Crippen LogP contribution in [-0.2, 0) is 16.1 Å². The highest BCUT2D eigenvalue weighted by atomic mass is 19.1. The number of carbonyl (C=O) groups is 3. The van der Waals surface area contributed by atoms with Crippen LogP contribution in [0, 0.1) is 5.82 Å². The molecule has 1 aliphatic rings. The van der Waals surface area contributed by atoms with Crippen molar-refractivity contribution in [2.75, 3.05) is 19.6 Å². The molecule has 0 atom stereocenters. The molecule has 7 heteroatoms. The predicted octanol–water partition coefficient (Wildman–Crippen LogP) is 0.715. The second-order valence-electron chi connectivity index (χ2n) is 4.72. The van der Waals surface area contributed by atoms with Gasteiger partial charge in [-0.05, 0) is 25.1 Å². The molecule has 1 N–H and O–H groups in total. The van der Waals surface area contributed by atoms with Crippen molar-refractivity contribution in [1.82, 2.24) is 9.80 Å². The number of hydrogen-bond donors (Lipinski definition) is 1. The Morgan fingerprint density at radius 3 is 2.48 bits per heavy atom. The molecule has 0 unspecified atom stereocenters. The van der Waals surface area contributed by atoms with Crippen LogP contribution in [0.2, 0.25) is 0 Å². The summed E-state index contributed by atoms with van der Waals surface area (Å²) in [6.07, 6.45) is 0. The van der Waals surface area contributed by atoms with Gasteiger partial charge in [0.2, 0.25) is 0 Å². The van der Waals surface area contributed by atoms with Gasteiger partial charge in [-0.1, -0.05) is 0 Å². The number of hydrogen-bond acceptors (Lipinski definition) is 3. The van der Waals surface area contributed by atoms with Crippen LogP contribution in [0.25, 0.3) is 0 Å². The molecule has 1 saturated heterocycles. The standard InChI is InChI=1S/C14H15FN2O4/c1-2-16-5-6-17(13(19)12(16)18)8-10-7-9(14(20)21)3-4-11(10)15/h3-4,7H,2,5-6,8H2,1H3,(H,20,21). The van der Waals surface area contributed by atoms with Crippen LogP contribution in [0.4, 0.5) is 4.39 Å². The van der Waals surface area contributed by atoms with E-state index in [9.17, 15) is 18.8 Å². The Hall–Kier alpha value is -2.44. The fraction of sp³-hybridized carbons (Fsp3) is 0.357. The van der Waals surface area contributed by atoms with Crippen molar-refractivity contribution in [3.05, 3.63) is 35.1 Å². The lowest BCUT2D eigenvalue weighted by Gasteiger charge is -2.33. The molecule has 0 radical (unpaired) electrons. The number of halogens is 1. The van der Waals surface area contributed by atoms with Crippen LogP contribution in [0.15, 0.2) is 18.2 Å². The molecule has 6 nitrogen and oxygen atoms in total. The van der Waals surface area contributed by atoms with E-state index in [1.54, 1.807) is 6.92 Å². The van der Waals surface area contributed by atoms with E-state index in [0.29, 0.717) is 19.6 Å². The van der Waals surface area contributed by atoms with Crippen LogP contribution < -0.4 is 0 Å². The van der Waals surface area contributed by atoms with E-state index in [2.05, 4.69) is 0 Å². The minimum Gasteiger partial charge on any atom is -0.478 e. The molecule has 0 saturated carbocycles. The monoisotopic (exact) mass is 294 g/mol. The van der Waals surface area contributed by atoms with Gasteiger partial charge in [-0.25, -0.2) is 9.18 Å². The highest BCUT2D eigenvalue weighted by Gasteiger charge is 2.31. The van der Waals surface area contributed by atoms with E-state index in [1.807, 2.05) is 0 Å². The van der Waals surface area contributed by atoms with E-state index in [-0.39, 0.29) is 17.7 Å². The van der Waals surface area contributed by atoms with Crippen molar-refractivity contribution in [2.45, 2.75) is 13.5 Å². The molecular weight excluding hydrogens is 279 g/mol. The molecule has 0 bridgehead atoms. The van der Waals surface area contributed by atoms with Crippen molar-refractivity contribution in [3.63, 3.8) is 0 Å². The van der Waals surface area contributed by atoms with Crippen molar-refractivity contribution < 1.29 is 23.9 Å². The van der Waals surface area contributed by atoms with Gasteiger partial charge in [0.1, 0.15) is 5.82 Å². The lowest BCUT2D eigenvalue weighted by molar-refractivity contribution is -0.156. The molecule has 2 amide bonds. The molecule has 2 rings (SSSR count). The van der Waals surface area contributed by atoms with E-state index >= 15 is 0 Å². The number of piperazine rings is 1. The molecular formula is C14H15FN2O4. The van der Waals surface area contributed by atoms with E-state index in [1.165, 1.54) is 15.9 Å². The first kappa shape index (κ1) is 15.0. The van der Waals surface area contributed by atoms with Crippen LogP contribution in [0.1, 0.15) is 22.8 Å². The van der Waals surface area contributed by atoms with Gasteiger partial charge in [-0.15, -0.1) is 0 Å². The summed E-state index contributed by atoms with van der Waals surface area (Å²) >= 11 is 0. The summed E-state index contributed by atoms with van der Waals surface area (Å²) in [5.74, 6) is -3.07. The Labute approximate surface area is 120 Å². The van der Waals surface area contributed by atoms with Gasteiger partial charge in [-0.2, -0.15) is 0 Å². The number of carbonyl (C=O) groups excluding carboxylic acids is 2. The molecule has 1 fully saturated rings. The van der Waals surface area contributed by atoms with E-state index < -0.39 is 23.6 Å². The zero-order valence-electron chi connectivity index (χ0n) is 11.5. The minimum absolute atomic E-state index is 0.0580. The molecule has 1 heterocycles. The van der Waals surface area contributed by atoms with E-state index in [0.717, 1.165) is 12.1 Å². The zero-order valence-corrected chi connectivity index (χ0v) is 11.5. The molecule has 112 valence electrons. The van der Waals surface area contributed by atoms with Crippen LogP contribution in [0.5, 0.6) is 0 Å². The van der Waals surface area contributed by atoms with Crippen LogP contribution in [0.3, 0.4) is 0 Å². The van der Waals surface area contributed by atoms with Gasteiger partial charge in [0.05, 0.1) is 5.56 Å². The van der Waals surface area contributed by atoms with Gasteiger partial charge in [0, 0.05) is 31.7 Å². The number of benzene rings is 1. The maximum absolute atomic E-state index is 13.7. The topological polar surface area (TPSA) is 77.9 Å². The Bertz CT molecular complexity index is 603. The number of carboxylic acid groups (broad SMARTS) is 1. The van der Waals surface area contributed by atoms with Gasteiger partial charge in [-0.3, -0.25) is 9.59 Å². The predicted molar refractivity (Wildman–Crippen MR) is 71.0 cm³/mol. The van der Waals surface area contributed by atoms with Crippen LogP contribution in [-0.4, -0.2) is 52.3 Å². The second-order valence-corrected chi connectivity index (χ2v) is 4.72. The van der Waals surface area contributed by atoms with Gasteiger partial charge >= 0.3 is 17.8 Å². The van der Waals surface area contributed by atoms with Gasteiger partial charge in [0.25, 0.3) is 0 Å². The number of carboxylic acids is 1. The molecule has 1 aromatic carbocycles. The number of amides is 2. The summed E-state index contributed by atoms with van der Waals surface area (Å²) in [7, 11) is 0. The third-order valence-electron chi connectivity index (χ3n) is 3.43. The molecule has 1 aliphatic heterocycles. The smallest absolute Gasteiger partial charge is 0.335 e. The summed E-state index contributed by atoms with van der Waals surface area (Å²) in [5.41, 5.74) is 0.0263. The first-order chi connectivity index (χ1) is 9.93. The highest BCUT2D eigenvalue weighted by molar-refractivity contribution is 6.35. The molecule has 1 aromatic rings. The molecule has 0 spiro atoms. The summed E-state index contributed by atoms with van der Waals surface area (Å²) in [5, 5.41) is 8.90. The SMILES string of the molecule is CCN1CCN(Cc2cc(C(=O)O)ccc2F)C(=O)C1=O. The largest absolute Gasteiger partial charge is 0.478 e. The summed E-state index contributed by atoms with van der Waals surface area (Å²) in [4.78, 5) is 37.2. The highest BCUT2D eigenvalue weighted by Crippen LogP contribution is 2.15. The zero-order chi connectivity index (χ0) is 15.6. The normalized spacial score (nSPS) is 15.5. The second kappa shape index (κ2) is 5.90. The molecule has 0 aromatic heterocycles. The number of likely N-dealkylation sites (N-methyl/N-ethyl adjacent to an activating group) is 1. The third kappa shape index (κ3) is 3.01. The average Bonchev–Trinajstić information content (AvgIpc) is 2.46. The summed E-state index contributed by atoms with van der Waals surface area (Å²) in [6.45, 7) is 2.80. The number of rotatable bonds is 4. The Morgan fingerprint density at radius 1 is 1.24 bits per heavy atom. The number of nitrogens with zero attached hydrogens (tertiary/aromatic N) is 2. The fourth-order valence-corrected chi connectivity index (χ4v) is 2.20. The quantitative estimate of drug-likeness (QED) is 0.830. The number of aromatic carboxylic acids is 1. The Morgan fingerprint density at radius 2 is 1.86 bits per heavy atom. The maximum Gasteiger partial charge on any atom is 0.335 e. The van der Waals surface area contributed by atoms with Crippen LogP contribution >= 0.6 is 0 Å². The van der Waals surface area contributed by atoms with Crippen molar-refractivity contribution in [3.8, 4) is 0 Å². The van der Waals surface area contributed by atoms with Gasteiger partial charge < -0.3 is 14.9 Å². The lowest BCUT2D eigenvalue weighted by Crippen LogP contribution is -2.53. The van der Waals surface area contributed by atoms with Crippen molar-refractivity contribution >= 4 is 17.8 Å². The fourth-order valence-electron chi connectivity index (χ4n) is 2.20. The average molecular weight is 294 g/mol. The maximum atomic E-state index is 13.7. The lowest BCUT2D eigenvalue weighted by atomic mass is 10.1. The van der Waals surface area contributed by atoms with Crippen molar-refractivity contribution in [1.29, 1.82) is 0 Å². The minimum atomic E-state index is -1.17. The van der Waals surface area contributed by atoms with Crippen molar-refractivity contribution in [2.24, 2.45) is 0 Å². The van der Waals surface area contributed by atoms with Gasteiger partial charge in [0.15, 0.2) is 0 Å². The molecule has 0 aliphatic carbocycles. The van der Waals surface area contributed by atoms with E-state index in [4.69, 9.17) is 5.11 Å². The third-order valence-corrected chi connectivity index (χ3v) is 3.43.